The number of aliphatic hydroxyl groups is 1. The first-order valence-electron chi connectivity index (χ1n) is 8.21. The van der Waals surface area contributed by atoms with Crippen molar-refractivity contribution in [2.45, 2.75) is 17.7 Å². The van der Waals surface area contributed by atoms with Gasteiger partial charge < -0.3 is 15.8 Å². The number of H-pyrrole nitrogens is 1. The van der Waals surface area contributed by atoms with Crippen LogP contribution in [-0.4, -0.2) is 54.9 Å². The van der Waals surface area contributed by atoms with Crippen LogP contribution in [0.25, 0.3) is 11.0 Å². The number of nitrogens with one attached hydrogen (secondary N) is 1. The highest BCUT2D eigenvalue weighted by Gasteiger charge is 2.31. The first-order valence-corrected chi connectivity index (χ1v) is 9.20. The minimum absolute atomic E-state index is 0.233. The Kier molecular flexibility index (Phi) is 4.56. The SMILES string of the molecule is Nc1ncnc2c(CN3C[C@H](CSc4ccccn4)[C@@H](O)C3)c[nH]c12. The van der Waals surface area contributed by atoms with Crippen molar-refractivity contribution in [2.75, 3.05) is 24.6 Å². The molecule has 4 N–H and O–H groups in total. The van der Waals surface area contributed by atoms with E-state index in [1.54, 1.807) is 18.0 Å². The van der Waals surface area contributed by atoms with Crippen LogP contribution in [0.15, 0.2) is 41.9 Å². The average molecular weight is 356 g/mol. The van der Waals surface area contributed by atoms with Crippen molar-refractivity contribution in [1.82, 2.24) is 24.8 Å². The minimum atomic E-state index is -0.318. The molecule has 0 spiro atoms. The standard InChI is InChI=1S/C17H20N6OS/c18-17-16-15(21-10-22-17)11(5-20-16)6-23-7-12(13(24)8-23)9-25-14-3-1-2-4-19-14/h1-5,10,12-13,20,24H,6-9H2,(H2,18,21,22)/t12-,13+/m1/s1. The second-order valence-electron chi connectivity index (χ2n) is 6.30. The molecule has 0 aromatic carbocycles. The maximum absolute atomic E-state index is 10.4. The van der Waals surface area contributed by atoms with Gasteiger partial charge in [0.25, 0.3) is 0 Å². The predicted molar refractivity (Wildman–Crippen MR) is 98.0 cm³/mol. The third-order valence-corrected chi connectivity index (χ3v) is 5.66. The zero-order chi connectivity index (χ0) is 17.2. The molecule has 1 aliphatic heterocycles. The number of nitrogens with zero attached hydrogens (tertiary/aromatic N) is 4. The van der Waals surface area contributed by atoms with Crippen LogP contribution in [0.1, 0.15) is 5.56 Å². The second kappa shape index (κ2) is 6.99. The number of aromatic amines is 1. The monoisotopic (exact) mass is 356 g/mol. The third kappa shape index (κ3) is 3.46. The van der Waals surface area contributed by atoms with E-state index < -0.39 is 0 Å². The van der Waals surface area contributed by atoms with Gasteiger partial charge in [-0.1, -0.05) is 6.07 Å². The Morgan fingerprint density at radius 1 is 1.28 bits per heavy atom. The number of aliphatic hydroxyl groups excluding tert-OH is 1. The number of fused-ring (bicyclic) bond motifs is 1. The van der Waals surface area contributed by atoms with E-state index in [1.807, 2.05) is 24.4 Å². The van der Waals surface area contributed by atoms with Gasteiger partial charge in [0.05, 0.1) is 16.6 Å². The van der Waals surface area contributed by atoms with Crippen LogP contribution in [0.5, 0.6) is 0 Å². The first-order chi connectivity index (χ1) is 12.2. The molecule has 1 fully saturated rings. The van der Waals surface area contributed by atoms with E-state index in [0.717, 1.165) is 40.5 Å². The second-order valence-corrected chi connectivity index (χ2v) is 7.34. The summed E-state index contributed by atoms with van der Waals surface area (Å²) in [6.45, 7) is 2.26. The molecule has 0 saturated carbocycles. The Morgan fingerprint density at radius 2 is 2.20 bits per heavy atom. The Morgan fingerprint density at radius 3 is 3.04 bits per heavy atom. The van der Waals surface area contributed by atoms with E-state index in [4.69, 9.17) is 5.73 Å². The number of hydrogen-bond acceptors (Lipinski definition) is 7. The molecule has 0 radical (unpaired) electrons. The predicted octanol–water partition coefficient (Wildman–Crippen LogP) is 1.52. The van der Waals surface area contributed by atoms with Crippen LogP contribution in [-0.2, 0) is 6.54 Å². The number of nitrogens with two attached hydrogens (primary N) is 1. The summed E-state index contributed by atoms with van der Waals surface area (Å²) >= 11 is 1.69. The summed E-state index contributed by atoms with van der Waals surface area (Å²) in [7, 11) is 0. The van der Waals surface area contributed by atoms with E-state index in [-0.39, 0.29) is 12.0 Å². The van der Waals surface area contributed by atoms with Gasteiger partial charge in [-0.25, -0.2) is 15.0 Å². The van der Waals surface area contributed by atoms with Crippen LogP contribution in [0.2, 0.25) is 0 Å². The van der Waals surface area contributed by atoms with Crippen molar-refractivity contribution in [2.24, 2.45) is 5.92 Å². The fraction of sp³-hybridized carbons (Fsp3) is 0.353. The maximum Gasteiger partial charge on any atom is 0.151 e. The Labute approximate surface area is 149 Å². The van der Waals surface area contributed by atoms with Gasteiger partial charge >= 0.3 is 0 Å². The first kappa shape index (κ1) is 16.3. The Bertz CT molecular complexity index is 855. The fourth-order valence-corrected chi connectivity index (χ4v) is 4.26. The normalized spacial score (nSPS) is 21.2. The van der Waals surface area contributed by atoms with Crippen molar-refractivity contribution >= 4 is 28.6 Å². The summed E-state index contributed by atoms with van der Waals surface area (Å²) < 4.78 is 0. The molecule has 2 atom stereocenters. The summed E-state index contributed by atoms with van der Waals surface area (Å²) in [6, 6.07) is 5.89. The van der Waals surface area contributed by atoms with Crippen molar-refractivity contribution in [1.29, 1.82) is 0 Å². The van der Waals surface area contributed by atoms with Crippen molar-refractivity contribution in [3.8, 4) is 0 Å². The van der Waals surface area contributed by atoms with Crippen LogP contribution in [0.4, 0.5) is 5.82 Å². The smallest absolute Gasteiger partial charge is 0.151 e. The van der Waals surface area contributed by atoms with Crippen molar-refractivity contribution < 1.29 is 5.11 Å². The molecule has 3 aromatic heterocycles. The van der Waals surface area contributed by atoms with E-state index in [2.05, 4.69) is 24.8 Å². The summed E-state index contributed by atoms with van der Waals surface area (Å²) in [5.41, 5.74) is 8.58. The highest BCUT2D eigenvalue weighted by molar-refractivity contribution is 7.99. The van der Waals surface area contributed by atoms with Crippen LogP contribution in [0, 0.1) is 5.92 Å². The number of likely N-dealkylation sites (tertiary alicyclic amines) is 1. The molecule has 7 nitrogen and oxygen atoms in total. The molecule has 0 bridgehead atoms. The van der Waals surface area contributed by atoms with E-state index >= 15 is 0 Å². The van der Waals surface area contributed by atoms with Crippen LogP contribution in [0.3, 0.4) is 0 Å². The van der Waals surface area contributed by atoms with Gasteiger partial charge in [0.15, 0.2) is 5.82 Å². The molecule has 25 heavy (non-hydrogen) atoms. The van der Waals surface area contributed by atoms with Gasteiger partial charge in [-0.05, 0) is 12.1 Å². The molecule has 8 heteroatoms. The molecule has 1 aliphatic rings. The third-order valence-electron chi connectivity index (χ3n) is 4.53. The molecule has 130 valence electrons. The summed E-state index contributed by atoms with van der Waals surface area (Å²) in [6.07, 6.45) is 4.89. The minimum Gasteiger partial charge on any atom is -0.391 e. The van der Waals surface area contributed by atoms with E-state index in [9.17, 15) is 5.11 Å². The lowest BCUT2D eigenvalue weighted by Crippen LogP contribution is -2.21. The molecule has 3 aromatic rings. The Hall–Kier alpha value is -2.16. The highest BCUT2D eigenvalue weighted by atomic mass is 32.2. The largest absolute Gasteiger partial charge is 0.391 e. The Balaban J connectivity index is 1.40. The van der Waals surface area contributed by atoms with E-state index in [0.29, 0.717) is 12.4 Å². The highest BCUT2D eigenvalue weighted by Crippen LogP contribution is 2.27. The van der Waals surface area contributed by atoms with Gasteiger partial charge in [-0.3, -0.25) is 4.90 Å². The topological polar surface area (TPSA) is 104 Å². The van der Waals surface area contributed by atoms with Gasteiger partial charge in [-0.2, -0.15) is 0 Å². The van der Waals surface area contributed by atoms with Crippen LogP contribution < -0.4 is 5.73 Å². The zero-order valence-corrected chi connectivity index (χ0v) is 14.5. The summed E-state index contributed by atoms with van der Waals surface area (Å²) in [5.74, 6) is 1.55. The maximum atomic E-state index is 10.4. The lowest BCUT2D eigenvalue weighted by molar-refractivity contribution is 0.149. The zero-order valence-electron chi connectivity index (χ0n) is 13.7. The fourth-order valence-electron chi connectivity index (χ4n) is 3.23. The van der Waals surface area contributed by atoms with Gasteiger partial charge in [0.1, 0.15) is 11.8 Å². The summed E-state index contributed by atoms with van der Waals surface area (Å²) in [4.78, 5) is 18.1. The lowest BCUT2D eigenvalue weighted by Gasteiger charge is -2.14. The van der Waals surface area contributed by atoms with Crippen molar-refractivity contribution in [3.05, 3.63) is 42.5 Å². The number of hydrogen-bond donors (Lipinski definition) is 3. The van der Waals surface area contributed by atoms with Gasteiger partial charge in [0.2, 0.25) is 0 Å². The number of aromatic nitrogens is 4. The molecule has 1 saturated heterocycles. The van der Waals surface area contributed by atoms with Gasteiger partial charge in [-0.15, -0.1) is 11.8 Å². The molecule has 0 unspecified atom stereocenters. The number of pyridine rings is 1. The number of rotatable bonds is 5. The average Bonchev–Trinajstić information content (AvgIpc) is 3.19. The summed E-state index contributed by atoms with van der Waals surface area (Å²) in [5, 5.41) is 11.4. The quantitative estimate of drug-likeness (QED) is 0.595. The molecule has 4 rings (SSSR count). The number of nitrogen functional groups attached to an aromatic ring is 1. The van der Waals surface area contributed by atoms with Crippen molar-refractivity contribution in [3.63, 3.8) is 0 Å². The van der Waals surface area contributed by atoms with E-state index in [1.165, 1.54) is 6.33 Å². The molecular weight excluding hydrogens is 336 g/mol. The lowest BCUT2D eigenvalue weighted by atomic mass is 10.1. The molecule has 4 heterocycles. The van der Waals surface area contributed by atoms with Gasteiger partial charge in [0, 0.05) is 49.3 Å². The number of thioether (sulfide) groups is 1. The molecular formula is C17H20N6OS. The number of β-amino-alcohol motifs (C(OH)–C–C–N with tert-alkyl or cyclic N) is 1. The molecule has 0 amide bonds. The molecule has 0 aliphatic carbocycles. The van der Waals surface area contributed by atoms with Crippen LogP contribution >= 0.6 is 11.8 Å². The number of anilines is 1.